The molecule has 1 unspecified atom stereocenters. The summed E-state index contributed by atoms with van der Waals surface area (Å²) in [4.78, 5) is 10.9. The largest absolute Gasteiger partial charge is 0.364 e. The van der Waals surface area contributed by atoms with Gasteiger partial charge in [0, 0.05) is 0 Å². The highest BCUT2D eigenvalue weighted by atomic mass is 16.6. The number of ether oxygens (including phenoxy) is 1. The first-order valence-corrected chi connectivity index (χ1v) is 3.54. The third-order valence-electron chi connectivity index (χ3n) is 1.30. The van der Waals surface area contributed by atoms with Gasteiger partial charge in [-0.1, -0.05) is 19.9 Å². The first kappa shape index (κ1) is 7.48. The summed E-state index contributed by atoms with van der Waals surface area (Å²) in [6.07, 6.45) is 3.39. The lowest BCUT2D eigenvalue weighted by Gasteiger charge is -1.90. The SMILES string of the molecule is CC(C)/C=C/C(=O)C1CO1. The lowest BCUT2D eigenvalue weighted by atomic mass is 10.2. The van der Waals surface area contributed by atoms with Gasteiger partial charge in [0.05, 0.1) is 6.61 Å². The molecule has 1 aliphatic heterocycles. The molecule has 0 bridgehead atoms. The van der Waals surface area contributed by atoms with Crippen molar-refractivity contribution in [3.8, 4) is 0 Å². The molecule has 0 N–H and O–H groups in total. The van der Waals surface area contributed by atoms with Crippen LogP contribution in [0.1, 0.15) is 13.8 Å². The number of carbonyl (C=O) groups is 1. The number of carbonyl (C=O) groups excluding carboxylic acids is 1. The average Bonchev–Trinajstić information content (AvgIpc) is 2.63. The highest BCUT2D eigenvalue weighted by Gasteiger charge is 2.28. The van der Waals surface area contributed by atoms with Gasteiger partial charge >= 0.3 is 0 Å². The standard InChI is InChI=1S/C8H12O2/c1-6(2)3-4-7(9)8-5-10-8/h3-4,6,8H,5H2,1-2H3/b4-3+. The summed E-state index contributed by atoms with van der Waals surface area (Å²) >= 11 is 0. The molecule has 1 atom stereocenters. The van der Waals surface area contributed by atoms with Crippen molar-refractivity contribution in [2.45, 2.75) is 20.0 Å². The topological polar surface area (TPSA) is 29.6 Å². The van der Waals surface area contributed by atoms with Gasteiger partial charge in [-0.15, -0.1) is 0 Å². The van der Waals surface area contributed by atoms with E-state index in [-0.39, 0.29) is 11.9 Å². The maximum atomic E-state index is 10.9. The van der Waals surface area contributed by atoms with Crippen LogP contribution < -0.4 is 0 Å². The van der Waals surface area contributed by atoms with Gasteiger partial charge in [0.25, 0.3) is 0 Å². The minimum absolute atomic E-state index is 0.105. The molecule has 0 aromatic heterocycles. The van der Waals surface area contributed by atoms with Crippen LogP contribution in [0.3, 0.4) is 0 Å². The fourth-order valence-electron chi connectivity index (χ4n) is 0.607. The van der Waals surface area contributed by atoms with E-state index in [1.54, 1.807) is 6.08 Å². The summed E-state index contributed by atoms with van der Waals surface area (Å²) < 4.78 is 4.80. The van der Waals surface area contributed by atoms with Crippen molar-refractivity contribution >= 4 is 5.78 Å². The number of epoxide rings is 1. The molecule has 2 heteroatoms. The van der Waals surface area contributed by atoms with Crippen molar-refractivity contribution < 1.29 is 9.53 Å². The normalized spacial score (nSPS) is 24.1. The Balaban J connectivity index is 2.29. The summed E-state index contributed by atoms with van der Waals surface area (Å²) in [5, 5.41) is 0. The summed E-state index contributed by atoms with van der Waals surface area (Å²) in [5.74, 6) is 0.552. The summed E-state index contributed by atoms with van der Waals surface area (Å²) in [7, 11) is 0. The van der Waals surface area contributed by atoms with E-state index in [1.165, 1.54) is 0 Å². The second-order valence-corrected chi connectivity index (χ2v) is 2.83. The highest BCUT2D eigenvalue weighted by molar-refractivity contribution is 5.95. The Morgan fingerprint density at radius 3 is 2.70 bits per heavy atom. The van der Waals surface area contributed by atoms with E-state index < -0.39 is 0 Å². The Morgan fingerprint density at radius 1 is 1.70 bits per heavy atom. The Morgan fingerprint density at radius 2 is 2.30 bits per heavy atom. The van der Waals surface area contributed by atoms with E-state index in [1.807, 2.05) is 19.9 Å². The lowest BCUT2D eigenvalue weighted by molar-refractivity contribution is -0.115. The van der Waals surface area contributed by atoms with Crippen LogP contribution >= 0.6 is 0 Å². The molecular weight excluding hydrogens is 128 g/mol. The van der Waals surface area contributed by atoms with Crippen LogP contribution in [0.15, 0.2) is 12.2 Å². The van der Waals surface area contributed by atoms with Gasteiger partial charge in [-0.05, 0) is 12.0 Å². The van der Waals surface area contributed by atoms with Crippen molar-refractivity contribution in [3.05, 3.63) is 12.2 Å². The molecular formula is C8H12O2. The molecule has 0 amide bonds. The zero-order valence-corrected chi connectivity index (χ0v) is 6.33. The van der Waals surface area contributed by atoms with Crippen molar-refractivity contribution in [2.24, 2.45) is 5.92 Å². The summed E-state index contributed by atoms with van der Waals surface area (Å²) in [6, 6.07) is 0. The maximum absolute atomic E-state index is 10.9. The van der Waals surface area contributed by atoms with Crippen LogP contribution in [0, 0.1) is 5.92 Å². The molecule has 1 heterocycles. The second kappa shape index (κ2) is 2.97. The monoisotopic (exact) mass is 140 g/mol. The van der Waals surface area contributed by atoms with Crippen molar-refractivity contribution in [1.29, 1.82) is 0 Å². The van der Waals surface area contributed by atoms with E-state index in [9.17, 15) is 4.79 Å². The zero-order valence-electron chi connectivity index (χ0n) is 6.33. The van der Waals surface area contributed by atoms with Crippen molar-refractivity contribution in [1.82, 2.24) is 0 Å². The van der Waals surface area contributed by atoms with E-state index in [4.69, 9.17) is 4.74 Å². The summed E-state index contributed by atoms with van der Waals surface area (Å²) in [6.45, 7) is 4.69. The molecule has 0 aromatic rings. The molecule has 0 aromatic carbocycles. The van der Waals surface area contributed by atoms with Gasteiger partial charge < -0.3 is 4.74 Å². The van der Waals surface area contributed by atoms with E-state index >= 15 is 0 Å². The zero-order chi connectivity index (χ0) is 7.56. The first-order chi connectivity index (χ1) is 4.70. The van der Waals surface area contributed by atoms with E-state index in [0.29, 0.717) is 12.5 Å². The maximum Gasteiger partial charge on any atom is 0.186 e. The minimum atomic E-state index is -0.116. The predicted molar refractivity (Wildman–Crippen MR) is 38.7 cm³/mol. The lowest BCUT2D eigenvalue weighted by Crippen LogP contribution is -2.01. The Kier molecular flexibility index (Phi) is 2.22. The molecule has 10 heavy (non-hydrogen) atoms. The summed E-state index contributed by atoms with van der Waals surface area (Å²) in [5.41, 5.74) is 0. The van der Waals surface area contributed by atoms with Crippen molar-refractivity contribution in [3.63, 3.8) is 0 Å². The van der Waals surface area contributed by atoms with Crippen LogP contribution in [0.25, 0.3) is 0 Å². The fourth-order valence-corrected chi connectivity index (χ4v) is 0.607. The van der Waals surface area contributed by atoms with Crippen LogP contribution in [-0.4, -0.2) is 18.5 Å². The molecule has 2 nitrogen and oxygen atoms in total. The second-order valence-electron chi connectivity index (χ2n) is 2.83. The number of rotatable bonds is 3. The van der Waals surface area contributed by atoms with Gasteiger partial charge in [0.1, 0.15) is 6.10 Å². The van der Waals surface area contributed by atoms with Gasteiger partial charge in [0.2, 0.25) is 0 Å². The van der Waals surface area contributed by atoms with Gasteiger partial charge in [-0.2, -0.15) is 0 Å². The molecule has 0 saturated carbocycles. The fraction of sp³-hybridized carbons (Fsp3) is 0.625. The smallest absolute Gasteiger partial charge is 0.186 e. The molecule has 1 aliphatic rings. The molecule has 0 spiro atoms. The average molecular weight is 140 g/mol. The molecule has 1 saturated heterocycles. The molecule has 1 fully saturated rings. The van der Waals surface area contributed by atoms with Crippen LogP contribution in [0.2, 0.25) is 0 Å². The molecule has 56 valence electrons. The van der Waals surface area contributed by atoms with E-state index in [0.717, 1.165) is 0 Å². The number of allylic oxidation sites excluding steroid dienone is 1. The van der Waals surface area contributed by atoms with Crippen molar-refractivity contribution in [2.75, 3.05) is 6.61 Å². The third kappa shape index (κ3) is 2.31. The third-order valence-corrected chi connectivity index (χ3v) is 1.30. The van der Waals surface area contributed by atoms with Crippen LogP contribution in [0.5, 0.6) is 0 Å². The van der Waals surface area contributed by atoms with Crippen LogP contribution in [-0.2, 0) is 9.53 Å². The quantitative estimate of drug-likeness (QED) is 0.435. The highest BCUT2D eigenvalue weighted by Crippen LogP contribution is 2.10. The number of hydrogen-bond acceptors (Lipinski definition) is 2. The van der Waals surface area contributed by atoms with E-state index in [2.05, 4.69) is 0 Å². The van der Waals surface area contributed by atoms with Gasteiger partial charge in [0.15, 0.2) is 5.78 Å². The first-order valence-electron chi connectivity index (χ1n) is 3.54. The Bertz CT molecular complexity index is 155. The van der Waals surface area contributed by atoms with Crippen LogP contribution in [0.4, 0.5) is 0 Å². The van der Waals surface area contributed by atoms with Gasteiger partial charge in [-0.3, -0.25) is 4.79 Å². The molecule has 0 radical (unpaired) electrons. The predicted octanol–water partition coefficient (Wildman–Crippen LogP) is 1.17. The number of hydrogen-bond donors (Lipinski definition) is 0. The van der Waals surface area contributed by atoms with Gasteiger partial charge in [-0.25, -0.2) is 0 Å². The molecule has 0 aliphatic carbocycles. The number of ketones is 1. The Labute approximate surface area is 60.9 Å². The Hall–Kier alpha value is -0.630. The minimum Gasteiger partial charge on any atom is -0.364 e. The molecule has 1 rings (SSSR count).